The summed E-state index contributed by atoms with van der Waals surface area (Å²) in [6, 6.07) is 7.03. The van der Waals surface area contributed by atoms with Crippen LogP contribution in [0.25, 0.3) is 11.0 Å². The van der Waals surface area contributed by atoms with Gasteiger partial charge in [0.1, 0.15) is 0 Å². The Morgan fingerprint density at radius 1 is 1.00 bits per heavy atom. The van der Waals surface area contributed by atoms with Crippen LogP contribution in [0.2, 0.25) is 0 Å². The lowest BCUT2D eigenvalue weighted by molar-refractivity contribution is -0.131. The molecule has 2 amide bonds. The van der Waals surface area contributed by atoms with Gasteiger partial charge >= 0.3 is 5.69 Å². The van der Waals surface area contributed by atoms with Crippen LogP contribution in [0.4, 0.5) is 0 Å². The molecule has 0 aliphatic carbocycles. The van der Waals surface area contributed by atoms with E-state index >= 15 is 0 Å². The molecule has 1 aliphatic rings. The van der Waals surface area contributed by atoms with Crippen molar-refractivity contribution in [2.24, 2.45) is 0 Å². The Morgan fingerprint density at radius 3 is 2.27 bits per heavy atom. The van der Waals surface area contributed by atoms with Gasteiger partial charge in [-0.1, -0.05) is 12.1 Å². The number of imide groups is 1. The normalized spacial score (nSPS) is 15.8. The molecule has 1 fully saturated rings. The molecule has 1 saturated heterocycles. The van der Waals surface area contributed by atoms with Crippen LogP contribution in [0.3, 0.4) is 0 Å². The van der Waals surface area contributed by atoms with Crippen molar-refractivity contribution in [3.8, 4) is 0 Å². The van der Waals surface area contributed by atoms with Gasteiger partial charge in [0.25, 0.3) is 0 Å². The summed E-state index contributed by atoms with van der Waals surface area (Å²) in [4.78, 5) is 36.9. The lowest BCUT2D eigenvalue weighted by Crippen LogP contribution is -2.52. The molecule has 3 rings (SSSR count). The van der Waals surface area contributed by atoms with Crippen molar-refractivity contribution in [2.75, 3.05) is 11.6 Å². The first-order chi connectivity index (χ1) is 10.6. The highest BCUT2D eigenvalue weighted by molar-refractivity contribution is 6.10. The van der Waals surface area contributed by atoms with E-state index in [1.165, 1.54) is 4.57 Å². The number of hydrogen-bond donors (Lipinski definition) is 1. The first-order valence-corrected chi connectivity index (χ1v) is 7.32. The van der Waals surface area contributed by atoms with E-state index in [1.807, 2.05) is 0 Å². The van der Waals surface area contributed by atoms with E-state index < -0.39 is 5.69 Å². The number of aliphatic hydroxyl groups excluding tert-OH is 1. The summed E-state index contributed by atoms with van der Waals surface area (Å²) in [5.74, 6) is -0.716. The number of benzene rings is 1. The van der Waals surface area contributed by atoms with E-state index in [4.69, 9.17) is 5.11 Å². The number of rotatable bonds is 4. The maximum atomic E-state index is 12.7. The van der Waals surface area contributed by atoms with Crippen LogP contribution in [-0.4, -0.2) is 32.8 Å². The predicted octanol–water partition coefficient (Wildman–Crippen LogP) is 0.360. The maximum Gasteiger partial charge on any atom is 0.348 e. The van der Waals surface area contributed by atoms with Gasteiger partial charge in [-0.2, -0.15) is 9.69 Å². The summed E-state index contributed by atoms with van der Waals surface area (Å²) in [6.45, 7) is 0.298. The lowest BCUT2D eigenvalue weighted by Gasteiger charge is -2.25. The summed E-state index contributed by atoms with van der Waals surface area (Å²) in [5, 5.41) is 9.95. The number of piperidine rings is 1. The standard InChI is InChI=1S/C15H17N3O4/c19-10-4-9-16-11-5-1-2-6-12(11)17(15(16)22)18-13(20)7-3-8-14(18)21/h1-2,5-6,19H,3-4,7-10H2. The number of nitrogens with zero attached hydrogens (tertiary/aromatic N) is 3. The molecule has 0 saturated carbocycles. The van der Waals surface area contributed by atoms with E-state index in [1.54, 1.807) is 24.3 Å². The predicted molar refractivity (Wildman–Crippen MR) is 80.0 cm³/mol. The van der Waals surface area contributed by atoms with E-state index in [0.29, 0.717) is 30.4 Å². The molecule has 116 valence electrons. The Kier molecular flexibility index (Phi) is 3.81. The van der Waals surface area contributed by atoms with Crippen molar-refractivity contribution in [1.29, 1.82) is 0 Å². The molecule has 22 heavy (non-hydrogen) atoms. The molecule has 1 aromatic heterocycles. The number of fused-ring (bicyclic) bond motifs is 1. The van der Waals surface area contributed by atoms with Crippen LogP contribution in [0, 0.1) is 0 Å². The Morgan fingerprint density at radius 2 is 1.64 bits per heavy atom. The van der Waals surface area contributed by atoms with Crippen LogP contribution < -0.4 is 10.7 Å². The van der Waals surface area contributed by atoms with Crippen LogP contribution in [0.1, 0.15) is 25.7 Å². The number of aryl methyl sites for hydroxylation is 1. The van der Waals surface area contributed by atoms with Gasteiger partial charge < -0.3 is 5.11 Å². The molecule has 1 aliphatic heterocycles. The minimum Gasteiger partial charge on any atom is -0.396 e. The SMILES string of the molecule is O=C1CCCC(=O)N1n1c(=O)n(CCCO)c2ccccc21. The number of aliphatic hydroxyl groups is 1. The average molecular weight is 303 g/mol. The molecule has 0 unspecified atom stereocenters. The van der Waals surface area contributed by atoms with E-state index in [9.17, 15) is 14.4 Å². The minimum atomic E-state index is -0.432. The second-order valence-corrected chi connectivity index (χ2v) is 5.26. The third kappa shape index (κ3) is 2.23. The number of hydrogen-bond acceptors (Lipinski definition) is 4. The maximum absolute atomic E-state index is 12.7. The van der Waals surface area contributed by atoms with Gasteiger partial charge in [0.2, 0.25) is 11.8 Å². The largest absolute Gasteiger partial charge is 0.396 e. The quantitative estimate of drug-likeness (QED) is 0.827. The van der Waals surface area contributed by atoms with Crippen molar-refractivity contribution < 1.29 is 14.7 Å². The third-order valence-corrected chi connectivity index (χ3v) is 3.81. The van der Waals surface area contributed by atoms with E-state index in [2.05, 4.69) is 0 Å². The van der Waals surface area contributed by atoms with Gasteiger partial charge in [-0.05, 0) is 25.0 Å². The third-order valence-electron chi connectivity index (χ3n) is 3.81. The molecule has 0 spiro atoms. The zero-order valence-electron chi connectivity index (χ0n) is 12.1. The molecule has 0 atom stereocenters. The smallest absolute Gasteiger partial charge is 0.348 e. The number of amides is 2. The van der Waals surface area contributed by atoms with Crippen molar-refractivity contribution in [3.05, 3.63) is 34.7 Å². The van der Waals surface area contributed by atoms with Crippen LogP contribution >= 0.6 is 0 Å². The molecular weight excluding hydrogens is 286 g/mol. The molecule has 2 heterocycles. The van der Waals surface area contributed by atoms with Crippen molar-refractivity contribution in [3.63, 3.8) is 0 Å². The highest BCUT2D eigenvalue weighted by atomic mass is 16.3. The second kappa shape index (κ2) is 5.76. The Balaban J connectivity index is 2.21. The fourth-order valence-electron chi connectivity index (χ4n) is 2.79. The van der Waals surface area contributed by atoms with Gasteiger partial charge in [-0.25, -0.2) is 4.79 Å². The second-order valence-electron chi connectivity index (χ2n) is 5.26. The van der Waals surface area contributed by atoms with Gasteiger partial charge in [-0.3, -0.25) is 14.2 Å². The zero-order chi connectivity index (χ0) is 15.7. The van der Waals surface area contributed by atoms with Crippen LogP contribution in [0.15, 0.2) is 29.1 Å². The molecule has 1 aromatic carbocycles. The number of imidazole rings is 1. The summed E-state index contributed by atoms with van der Waals surface area (Å²) < 4.78 is 2.65. The van der Waals surface area contributed by atoms with Gasteiger partial charge in [0.15, 0.2) is 0 Å². The number of aromatic nitrogens is 2. The molecule has 0 radical (unpaired) electrons. The average Bonchev–Trinajstić information content (AvgIpc) is 2.78. The minimum absolute atomic E-state index is 0.0342. The van der Waals surface area contributed by atoms with Crippen molar-refractivity contribution in [2.45, 2.75) is 32.2 Å². The van der Waals surface area contributed by atoms with Gasteiger partial charge in [0, 0.05) is 26.0 Å². The summed E-state index contributed by atoms with van der Waals surface area (Å²) in [6.07, 6.45) is 1.46. The number of para-hydroxylation sites is 2. The fraction of sp³-hybridized carbons (Fsp3) is 0.400. The van der Waals surface area contributed by atoms with Gasteiger partial charge in [-0.15, -0.1) is 0 Å². The zero-order valence-corrected chi connectivity index (χ0v) is 12.1. The summed E-state index contributed by atoms with van der Waals surface area (Å²) in [5.41, 5.74) is 0.736. The first kappa shape index (κ1) is 14.5. The number of carbonyl (C=O) groups is 2. The highest BCUT2D eigenvalue weighted by Gasteiger charge is 2.31. The van der Waals surface area contributed by atoms with Crippen LogP contribution in [-0.2, 0) is 16.1 Å². The number of carbonyl (C=O) groups excluding carboxylic acids is 2. The topological polar surface area (TPSA) is 84.5 Å². The Labute approximate surface area is 126 Å². The van der Waals surface area contributed by atoms with E-state index in [-0.39, 0.29) is 31.3 Å². The molecule has 7 heteroatoms. The molecular formula is C15H17N3O4. The molecule has 0 bridgehead atoms. The molecule has 1 N–H and O–H groups in total. The highest BCUT2D eigenvalue weighted by Crippen LogP contribution is 2.17. The molecule has 2 aromatic rings. The Bertz CT molecular complexity index is 774. The van der Waals surface area contributed by atoms with Crippen molar-refractivity contribution in [1.82, 2.24) is 9.24 Å². The van der Waals surface area contributed by atoms with Crippen LogP contribution in [0.5, 0.6) is 0 Å². The lowest BCUT2D eigenvalue weighted by atomic mass is 10.1. The Hall–Kier alpha value is -2.41. The molecule has 7 nitrogen and oxygen atoms in total. The fourth-order valence-corrected chi connectivity index (χ4v) is 2.79. The van der Waals surface area contributed by atoms with Crippen molar-refractivity contribution >= 4 is 22.8 Å². The summed E-state index contributed by atoms with van der Waals surface area (Å²) in [7, 11) is 0. The van der Waals surface area contributed by atoms with Gasteiger partial charge in [0.05, 0.1) is 11.0 Å². The van der Waals surface area contributed by atoms with E-state index in [0.717, 1.165) is 9.69 Å². The monoisotopic (exact) mass is 303 g/mol. The summed E-state index contributed by atoms with van der Waals surface area (Å²) >= 11 is 0. The first-order valence-electron chi connectivity index (χ1n) is 7.32.